The number of amides is 1. The molecule has 2 N–H and O–H groups in total. The van der Waals surface area contributed by atoms with Gasteiger partial charge in [-0.1, -0.05) is 12.8 Å². The highest BCUT2D eigenvalue weighted by atomic mass is 16.5. The summed E-state index contributed by atoms with van der Waals surface area (Å²) in [5, 5.41) is 0. The number of nitrogens with zero attached hydrogens (tertiary/aromatic N) is 2. The molecule has 0 radical (unpaired) electrons. The molecule has 2 heterocycles. The summed E-state index contributed by atoms with van der Waals surface area (Å²) in [6.45, 7) is 7.63. The first-order valence-electron chi connectivity index (χ1n) is 9.07. The Bertz CT molecular complexity index is 319. The fourth-order valence-electron chi connectivity index (χ4n) is 3.52. The zero-order chi connectivity index (χ0) is 15.6. The Morgan fingerprint density at radius 3 is 2.64 bits per heavy atom. The Labute approximate surface area is 135 Å². The molecule has 128 valence electrons. The molecule has 0 aromatic carbocycles. The number of piperidine rings is 1. The van der Waals surface area contributed by atoms with E-state index in [1.807, 2.05) is 0 Å². The van der Waals surface area contributed by atoms with E-state index >= 15 is 0 Å². The lowest BCUT2D eigenvalue weighted by molar-refractivity contribution is -0.133. The molecule has 0 aliphatic carbocycles. The Morgan fingerprint density at radius 1 is 1.09 bits per heavy atom. The number of likely N-dealkylation sites (tertiary alicyclic amines) is 1. The maximum Gasteiger partial charge on any atom is 0.222 e. The largest absolute Gasteiger partial charge is 0.379 e. The molecule has 2 aliphatic heterocycles. The Balaban J connectivity index is 1.64. The molecule has 0 aromatic heterocycles. The third-order valence-electron chi connectivity index (χ3n) is 4.84. The molecule has 2 rings (SSSR count). The van der Waals surface area contributed by atoms with Crippen LogP contribution in [0.1, 0.15) is 44.9 Å². The van der Waals surface area contributed by atoms with Crippen LogP contribution < -0.4 is 5.73 Å². The van der Waals surface area contributed by atoms with Crippen LogP contribution in [0.25, 0.3) is 0 Å². The second-order valence-electron chi connectivity index (χ2n) is 6.71. The van der Waals surface area contributed by atoms with Crippen molar-refractivity contribution in [3.05, 3.63) is 0 Å². The van der Waals surface area contributed by atoms with E-state index in [1.165, 1.54) is 6.42 Å². The van der Waals surface area contributed by atoms with Crippen LogP contribution >= 0.6 is 0 Å². The molecule has 0 bridgehead atoms. The third-order valence-corrected chi connectivity index (χ3v) is 4.84. The molecule has 2 fully saturated rings. The van der Waals surface area contributed by atoms with Gasteiger partial charge in [-0.3, -0.25) is 9.69 Å². The minimum Gasteiger partial charge on any atom is -0.379 e. The van der Waals surface area contributed by atoms with Crippen LogP contribution in [-0.4, -0.2) is 68.2 Å². The van der Waals surface area contributed by atoms with Gasteiger partial charge in [-0.25, -0.2) is 0 Å². The van der Waals surface area contributed by atoms with Gasteiger partial charge in [0, 0.05) is 39.1 Å². The smallest absolute Gasteiger partial charge is 0.222 e. The fraction of sp³-hybridized carbons (Fsp3) is 0.941. The summed E-state index contributed by atoms with van der Waals surface area (Å²) in [5.41, 5.74) is 5.49. The second-order valence-corrected chi connectivity index (χ2v) is 6.71. The van der Waals surface area contributed by atoms with Crippen molar-refractivity contribution in [3.8, 4) is 0 Å². The van der Waals surface area contributed by atoms with Gasteiger partial charge < -0.3 is 15.4 Å². The molecule has 1 unspecified atom stereocenters. The molecule has 0 saturated carbocycles. The average molecular weight is 311 g/mol. The number of hydrogen-bond acceptors (Lipinski definition) is 4. The highest BCUT2D eigenvalue weighted by molar-refractivity contribution is 5.76. The number of carbonyl (C=O) groups excluding carboxylic acids is 1. The predicted molar refractivity (Wildman–Crippen MR) is 88.7 cm³/mol. The van der Waals surface area contributed by atoms with E-state index in [4.69, 9.17) is 10.5 Å². The van der Waals surface area contributed by atoms with Crippen LogP contribution in [0.3, 0.4) is 0 Å². The second kappa shape index (κ2) is 10.2. The first-order chi connectivity index (χ1) is 10.8. The van der Waals surface area contributed by atoms with Crippen molar-refractivity contribution in [1.82, 2.24) is 9.80 Å². The number of rotatable bonds is 8. The lowest BCUT2D eigenvalue weighted by Gasteiger charge is -2.36. The highest BCUT2D eigenvalue weighted by Gasteiger charge is 2.25. The monoisotopic (exact) mass is 311 g/mol. The van der Waals surface area contributed by atoms with E-state index in [2.05, 4.69) is 9.80 Å². The van der Waals surface area contributed by atoms with E-state index in [1.54, 1.807) is 0 Å². The summed E-state index contributed by atoms with van der Waals surface area (Å²) in [6, 6.07) is 0. The zero-order valence-electron chi connectivity index (χ0n) is 14.0. The lowest BCUT2D eigenvalue weighted by Crippen LogP contribution is -2.46. The summed E-state index contributed by atoms with van der Waals surface area (Å²) < 4.78 is 5.41. The van der Waals surface area contributed by atoms with Gasteiger partial charge in [-0.15, -0.1) is 0 Å². The number of morpholine rings is 1. The predicted octanol–water partition coefficient (Wildman–Crippen LogP) is 1.47. The standard InChI is InChI=1S/C17H33N3O2/c18-8-4-2-1-3-7-17(21)20-9-5-6-16(15-20)14-19-10-12-22-13-11-19/h16H,1-15,18H2. The maximum absolute atomic E-state index is 12.3. The molecule has 2 aliphatic rings. The molecule has 0 spiro atoms. The molecular weight excluding hydrogens is 278 g/mol. The number of hydrogen-bond donors (Lipinski definition) is 1. The van der Waals surface area contributed by atoms with E-state index in [-0.39, 0.29) is 0 Å². The summed E-state index contributed by atoms with van der Waals surface area (Å²) in [5.74, 6) is 1.01. The van der Waals surface area contributed by atoms with Gasteiger partial charge >= 0.3 is 0 Å². The zero-order valence-corrected chi connectivity index (χ0v) is 14.0. The van der Waals surface area contributed by atoms with Crippen molar-refractivity contribution in [3.63, 3.8) is 0 Å². The van der Waals surface area contributed by atoms with E-state index in [0.717, 1.165) is 91.0 Å². The van der Waals surface area contributed by atoms with Gasteiger partial charge in [0.15, 0.2) is 0 Å². The lowest BCUT2D eigenvalue weighted by atomic mass is 9.96. The SMILES string of the molecule is NCCCCCCC(=O)N1CCCC(CN2CCOCC2)C1. The van der Waals surface area contributed by atoms with Crippen molar-refractivity contribution >= 4 is 5.91 Å². The van der Waals surface area contributed by atoms with Crippen molar-refractivity contribution in [1.29, 1.82) is 0 Å². The molecule has 1 amide bonds. The first kappa shape index (κ1) is 17.7. The van der Waals surface area contributed by atoms with Crippen molar-refractivity contribution in [2.24, 2.45) is 11.7 Å². The number of unbranched alkanes of at least 4 members (excludes halogenated alkanes) is 3. The van der Waals surface area contributed by atoms with Crippen LogP contribution in [0.4, 0.5) is 0 Å². The van der Waals surface area contributed by atoms with Crippen LogP contribution in [0, 0.1) is 5.92 Å². The summed E-state index contributed by atoms with van der Waals surface area (Å²) in [6.07, 6.45) is 7.53. The van der Waals surface area contributed by atoms with Crippen LogP contribution in [0.15, 0.2) is 0 Å². The van der Waals surface area contributed by atoms with Crippen molar-refractivity contribution in [2.45, 2.75) is 44.9 Å². The Hall–Kier alpha value is -0.650. The van der Waals surface area contributed by atoms with Crippen LogP contribution in [-0.2, 0) is 9.53 Å². The maximum atomic E-state index is 12.3. The summed E-state index contributed by atoms with van der Waals surface area (Å²) in [4.78, 5) is 16.9. The molecule has 0 aromatic rings. The first-order valence-corrected chi connectivity index (χ1v) is 9.07. The summed E-state index contributed by atoms with van der Waals surface area (Å²) in [7, 11) is 0. The molecule has 5 heteroatoms. The number of nitrogens with two attached hydrogens (primary N) is 1. The fourth-order valence-corrected chi connectivity index (χ4v) is 3.52. The third kappa shape index (κ3) is 6.23. The van der Waals surface area contributed by atoms with Gasteiger partial charge in [0.1, 0.15) is 0 Å². The summed E-state index contributed by atoms with van der Waals surface area (Å²) >= 11 is 0. The van der Waals surface area contributed by atoms with E-state index < -0.39 is 0 Å². The molecule has 2 saturated heterocycles. The van der Waals surface area contributed by atoms with Gasteiger partial charge in [0.05, 0.1) is 13.2 Å². The Kier molecular flexibility index (Phi) is 8.20. The minimum absolute atomic E-state index is 0.361. The van der Waals surface area contributed by atoms with Crippen molar-refractivity contribution in [2.75, 3.05) is 52.5 Å². The van der Waals surface area contributed by atoms with Crippen molar-refractivity contribution < 1.29 is 9.53 Å². The Morgan fingerprint density at radius 2 is 1.86 bits per heavy atom. The minimum atomic E-state index is 0.361. The number of carbonyl (C=O) groups is 1. The van der Waals surface area contributed by atoms with Gasteiger partial charge in [0.25, 0.3) is 0 Å². The highest BCUT2D eigenvalue weighted by Crippen LogP contribution is 2.19. The van der Waals surface area contributed by atoms with Gasteiger partial charge in [0.2, 0.25) is 5.91 Å². The van der Waals surface area contributed by atoms with Gasteiger partial charge in [-0.05, 0) is 38.1 Å². The molecule has 1 atom stereocenters. The number of ether oxygens (including phenoxy) is 1. The topological polar surface area (TPSA) is 58.8 Å². The van der Waals surface area contributed by atoms with Crippen LogP contribution in [0.5, 0.6) is 0 Å². The molecule has 5 nitrogen and oxygen atoms in total. The average Bonchev–Trinajstić information content (AvgIpc) is 2.56. The van der Waals surface area contributed by atoms with Gasteiger partial charge in [-0.2, -0.15) is 0 Å². The van der Waals surface area contributed by atoms with Crippen LogP contribution in [0.2, 0.25) is 0 Å². The van der Waals surface area contributed by atoms with E-state index in [9.17, 15) is 4.79 Å². The quantitative estimate of drug-likeness (QED) is 0.690. The van der Waals surface area contributed by atoms with E-state index in [0.29, 0.717) is 11.8 Å². The normalized spacial score (nSPS) is 23.7. The molecular formula is C17H33N3O2. The molecule has 22 heavy (non-hydrogen) atoms.